The normalized spacial score (nSPS) is 11.3. The van der Waals surface area contributed by atoms with Gasteiger partial charge in [-0.15, -0.1) is 0 Å². The van der Waals surface area contributed by atoms with Gasteiger partial charge in [0.05, 0.1) is 7.05 Å². The van der Waals surface area contributed by atoms with Crippen LogP contribution in [0.2, 0.25) is 0 Å². The van der Waals surface area contributed by atoms with Crippen LogP contribution in [0.5, 0.6) is 0 Å². The molecule has 0 spiro atoms. The van der Waals surface area contributed by atoms with Crippen LogP contribution in [0.15, 0.2) is 30.5 Å². The first-order valence-electron chi connectivity index (χ1n) is 4.99. The van der Waals surface area contributed by atoms with Crippen LogP contribution >= 0.6 is 0 Å². The van der Waals surface area contributed by atoms with E-state index in [0.29, 0.717) is 0 Å². The van der Waals surface area contributed by atoms with E-state index in [-0.39, 0.29) is 0 Å². The predicted octanol–water partition coefficient (Wildman–Crippen LogP) is 1.85. The van der Waals surface area contributed by atoms with Gasteiger partial charge in [0.15, 0.2) is 11.0 Å². The number of aromatic nitrogens is 3. The summed E-state index contributed by atoms with van der Waals surface area (Å²) >= 11 is 0. The molecule has 0 fully saturated rings. The fourth-order valence-corrected chi connectivity index (χ4v) is 1.98. The van der Waals surface area contributed by atoms with Crippen LogP contribution in [0.3, 0.4) is 0 Å². The first-order valence-corrected chi connectivity index (χ1v) is 4.99. The Morgan fingerprint density at radius 2 is 2.13 bits per heavy atom. The number of imidazole rings is 1. The molecule has 0 atom stereocenters. The molecule has 2 aromatic heterocycles. The van der Waals surface area contributed by atoms with Crippen LogP contribution in [-0.4, -0.2) is 9.97 Å². The Morgan fingerprint density at radius 3 is 3.00 bits per heavy atom. The molecule has 0 aliphatic rings. The molecule has 0 radical (unpaired) electrons. The van der Waals surface area contributed by atoms with Gasteiger partial charge in [-0.05, 0) is 18.2 Å². The number of hydrogen-bond acceptors (Lipinski definition) is 1. The number of nitrogens with one attached hydrogen (secondary N) is 1. The summed E-state index contributed by atoms with van der Waals surface area (Å²) in [6.45, 7) is 2.06. The number of benzene rings is 1. The highest BCUT2D eigenvalue weighted by Crippen LogP contribution is 2.19. The fourth-order valence-electron chi connectivity index (χ4n) is 1.98. The maximum absolute atomic E-state index is 4.42. The fraction of sp³-hybridized carbons (Fsp3) is 0.167. The molecule has 0 saturated heterocycles. The molecular formula is C12H12N3+. The van der Waals surface area contributed by atoms with Gasteiger partial charge in [0.1, 0.15) is 5.52 Å². The van der Waals surface area contributed by atoms with Crippen molar-refractivity contribution in [3.05, 3.63) is 36.3 Å². The van der Waals surface area contributed by atoms with Gasteiger partial charge in [-0.1, -0.05) is 6.07 Å². The highest BCUT2D eigenvalue weighted by atomic mass is 15.1. The number of nitrogens with zero attached hydrogens (tertiary/aromatic N) is 2. The number of pyridine rings is 1. The van der Waals surface area contributed by atoms with Crippen molar-refractivity contribution in [2.24, 2.45) is 7.05 Å². The van der Waals surface area contributed by atoms with Crippen molar-refractivity contribution in [2.45, 2.75) is 6.92 Å². The molecule has 1 N–H and O–H groups in total. The molecule has 0 amide bonds. The molecule has 0 unspecified atom stereocenters. The molecule has 0 aliphatic heterocycles. The van der Waals surface area contributed by atoms with E-state index in [0.717, 1.165) is 16.9 Å². The molecule has 0 bridgehead atoms. The Bertz CT molecular complexity index is 652. The van der Waals surface area contributed by atoms with Gasteiger partial charge in [0, 0.05) is 18.5 Å². The van der Waals surface area contributed by atoms with Crippen LogP contribution in [0.1, 0.15) is 5.82 Å². The van der Waals surface area contributed by atoms with Crippen LogP contribution in [-0.2, 0) is 7.05 Å². The molecule has 3 rings (SSSR count). The van der Waals surface area contributed by atoms with Crippen molar-refractivity contribution in [2.75, 3.05) is 0 Å². The van der Waals surface area contributed by atoms with Crippen molar-refractivity contribution in [3.8, 4) is 0 Å². The van der Waals surface area contributed by atoms with Gasteiger partial charge in [0.25, 0.3) is 5.82 Å². The van der Waals surface area contributed by atoms with E-state index >= 15 is 0 Å². The standard InChI is InChI=1S/C12H11N3/c1-8-14-12-10(15(8)2)6-5-9-4-3-7-13-11(9)12/h3-7H,1-2H3/p+1. The third kappa shape index (κ3) is 1.06. The smallest absolute Gasteiger partial charge is 0.251 e. The highest BCUT2D eigenvalue weighted by molar-refractivity contribution is 6.00. The zero-order valence-electron chi connectivity index (χ0n) is 8.78. The Labute approximate surface area is 87.4 Å². The summed E-state index contributed by atoms with van der Waals surface area (Å²) in [5, 5.41) is 1.17. The molecule has 3 heteroatoms. The quantitative estimate of drug-likeness (QED) is 0.549. The summed E-state index contributed by atoms with van der Waals surface area (Å²) in [6.07, 6.45) is 1.83. The molecule has 0 aliphatic carbocycles. The van der Waals surface area contributed by atoms with Gasteiger partial charge >= 0.3 is 0 Å². The summed E-state index contributed by atoms with van der Waals surface area (Å²) in [4.78, 5) is 7.79. The van der Waals surface area contributed by atoms with Gasteiger partial charge in [0.2, 0.25) is 0 Å². The SMILES string of the molecule is Cc1[nH]c2c3ncccc3ccc2[n+]1C. The average molecular weight is 198 g/mol. The molecule has 3 nitrogen and oxygen atoms in total. The van der Waals surface area contributed by atoms with Gasteiger partial charge < -0.3 is 0 Å². The summed E-state index contributed by atoms with van der Waals surface area (Å²) in [5.41, 5.74) is 3.35. The lowest BCUT2D eigenvalue weighted by Gasteiger charge is -1.94. The van der Waals surface area contributed by atoms with Crippen molar-refractivity contribution >= 4 is 21.9 Å². The lowest BCUT2D eigenvalue weighted by Crippen LogP contribution is -2.29. The van der Waals surface area contributed by atoms with E-state index < -0.39 is 0 Å². The Balaban J connectivity index is 2.60. The van der Waals surface area contributed by atoms with E-state index in [1.165, 1.54) is 10.9 Å². The largest absolute Gasteiger partial charge is 0.252 e. The maximum Gasteiger partial charge on any atom is 0.251 e. The zero-order chi connectivity index (χ0) is 10.4. The van der Waals surface area contributed by atoms with Crippen molar-refractivity contribution in [1.29, 1.82) is 0 Å². The molecule has 3 aromatic rings. The number of rotatable bonds is 0. The van der Waals surface area contributed by atoms with Crippen LogP contribution in [0.4, 0.5) is 0 Å². The molecule has 1 aromatic carbocycles. The summed E-state index contributed by atoms with van der Waals surface area (Å²) < 4.78 is 2.14. The van der Waals surface area contributed by atoms with Gasteiger partial charge in [-0.3, -0.25) is 4.98 Å². The minimum Gasteiger partial charge on any atom is -0.252 e. The predicted molar refractivity (Wildman–Crippen MR) is 59.5 cm³/mol. The second-order valence-corrected chi connectivity index (χ2v) is 3.80. The van der Waals surface area contributed by atoms with Crippen molar-refractivity contribution < 1.29 is 4.57 Å². The number of H-pyrrole nitrogens is 1. The monoisotopic (exact) mass is 198 g/mol. The first kappa shape index (κ1) is 8.41. The molecule has 2 heterocycles. The molecule has 0 saturated carbocycles. The second kappa shape index (κ2) is 2.79. The molecular weight excluding hydrogens is 186 g/mol. The maximum atomic E-state index is 4.42. The van der Waals surface area contributed by atoms with Gasteiger partial charge in [-0.25, -0.2) is 9.55 Å². The topological polar surface area (TPSA) is 32.6 Å². The summed E-state index contributed by atoms with van der Waals surface area (Å²) in [6, 6.07) is 8.28. The first-order chi connectivity index (χ1) is 7.27. The van der Waals surface area contributed by atoms with E-state index in [1.807, 2.05) is 12.3 Å². The lowest BCUT2D eigenvalue weighted by molar-refractivity contribution is -0.651. The van der Waals surface area contributed by atoms with Crippen LogP contribution in [0, 0.1) is 6.92 Å². The minimum atomic E-state index is 1.04. The van der Waals surface area contributed by atoms with Crippen molar-refractivity contribution in [1.82, 2.24) is 9.97 Å². The zero-order valence-corrected chi connectivity index (χ0v) is 8.78. The van der Waals surface area contributed by atoms with E-state index in [1.54, 1.807) is 0 Å². The summed E-state index contributed by atoms with van der Waals surface area (Å²) in [7, 11) is 2.06. The van der Waals surface area contributed by atoms with E-state index in [4.69, 9.17) is 0 Å². The Morgan fingerprint density at radius 1 is 1.27 bits per heavy atom. The number of aromatic amines is 1. The highest BCUT2D eigenvalue weighted by Gasteiger charge is 2.14. The van der Waals surface area contributed by atoms with Gasteiger partial charge in [-0.2, -0.15) is 0 Å². The van der Waals surface area contributed by atoms with Crippen LogP contribution in [0.25, 0.3) is 21.9 Å². The second-order valence-electron chi connectivity index (χ2n) is 3.80. The number of fused-ring (bicyclic) bond motifs is 3. The van der Waals surface area contributed by atoms with E-state index in [9.17, 15) is 0 Å². The van der Waals surface area contributed by atoms with E-state index in [2.05, 4.69) is 46.7 Å². The Kier molecular flexibility index (Phi) is 1.57. The van der Waals surface area contributed by atoms with Crippen LogP contribution < -0.4 is 4.57 Å². The summed E-state index contributed by atoms with van der Waals surface area (Å²) in [5.74, 6) is 1.14. The lowest BCUT2D eigenvalue weighted by atomic mass is 10.2. The minimum absolute atomic E-state index is 1.04. The third-order valence-electron chi connectivity index (χ3n) is 2.92. The Hall–Kier alpha value is -1.90. The average Bonchev–Trinajstić information content (AvgIpc) is 2.56. The molecule has 15 heavy (non-hydrogen) atoms. The number of hydrogen-bond donors (Lipinski definition) is 1. The molecule has 74 valence electrons. The van der Waals surface area contributed by atoms with Crippen molar-refractivity contribution in [3.63, 3.8) is 0 Å². The number of aryl methyl sites for hydroxylation is 2. The third-order valence-corrected chi connectivity index (χ3v) is 2.92.